The first-order chi connectivity index (χ1) is 17.3. The highest BCUT2D eigenvalue weighted by molar-refractivity contribution is 8.02. The number of hydrogen-bond acceptors (Lipinski definition) is 6. The van der Waals surface area contributed by atoms with Crippen LogP contribution in [-0.4, -0.2) is 70.1 Å². The molecule has 0 aromatic heterocycles. The molecule has 194 valence electrons. The molecule has 5 atom stereocenters. The second-order valence-electron chi connectivity index (χ2n) is 9.55. The standard InChI is InChI=1S/C27H33ClN2O5S/c1-4-6-7-16-35-26(34)20-19-11-12-27(36-19)21(20)24(32)30(14-15-31)23(27)25(33)29(13-5-2)22-17(3)9-8-10-18(22)28/h4-5,8-10,19-21,23,31H,1-2,6-7,11-16H2,3H3/t19-,20+,21+,23?,27?/m1/s1. The number of likely N-dealkylation sites (tertiary alicyclic amines) is 1. The zero-order chi connectivity index (χ0) is 26.0. The zero-order valence-corrected chi connectivity index (χ0v) is 22.1. The van der Waals surface area contributed by atoms with Gasteiger partial charge in [0.1, 0.15) is 6.04 Å². The SMILES string of the molecule is C=CCCCOC(=O)[C@@H]1[C@H]2C(=O)N(CCO)C(C(=O)N(CC=C)c3c(C)cccc3Cl)C23CC[C@H]1S3. The van der Waals surface area contributed by atoms with Gasteiger partial charge in [0.05, 0.1) is 40.5 Å². The molecule has 36 heavy (non-hydrogen) atoms. The van der Waals surface area contributed by atoms with Crippen LogP contribution in [0.1, 0.15) is 31.2 Å². The van der Waals surface area contributed by atoms with Crippen molar-refractivity contribution in [3.63, 3.8) is 0 Å². The van der Waals surface area contributed by atoms with Crippen LogP contribution in [0.3, 0.4) is 0 Å². The van der Waals surface area contributed by atoms with E-state index in [9.17, 15) is 19.5 Å². The summed E-state index contributed by atoms with van der Waals surface area (Å²) in [6.45, 7) is 9.61. The van der Waals surface area contributed by atoms with Crippen molar-refractivity contribution in [3.05, 3.63) is 54.1 Å². The molecule has 3 fully saturated rings. The lowest BCUT2D eigenvalue weighted by atomic mass is 9.71. The molecule has 1 aromatic rings. The highest BCUT2D eigenvalue weighted by Gasteiger charge is 2.74. The van der Waals surface area contributed by atoms with Crippen molar-refractivity contribution < 1.29 is 24.2 Å². The Morgan fingerprint density at radius 1 is 1.36 bits per heavy atom. The fourth-order valence-corrected chi connectivity index (χ4v) is 8.60. The molecule has 3 aliphatic rings. The van der Waals surface area contributed by atoms with Crippen LogP contribution in [0.2, 0.25) is 5.02 Å². The first kappa shape index (κ1) is 26.8. The second-order valence-corrected chi connectivity index (χ2v) is 11.6. The molecule has 2 unspecified atom stereocenters. The van der Waals surface area contributed by atoms with Crippen molar-refractivity contribution in [2.45, 2.75) is 48.6 Å². The number of unbranched alkanes of at least 4 members (excludes halogenated alkanes) is 1. The van der Waals surface area contributed by atoms with E-state index < -0.39 is 22.6 Å². The number of fused-ring (bicyclic) bond motifs is 1. The maximum Gasteiger partial charge on any atom is 0.310 e. The minimum Gasteiger partial charge on any atom is -0.465 e. The number of thioether (sulfide) groups is 1. The Morgan fingerprint density at radius 2 is 2.14 bits per heavy atom. The summed E-state index contributed by atoms with van der Waals surface area (Å²) in [5.41, 5.74) is 1.41. The maximum absolute atomic E-state index is 14.3. The number of aryl methyl sites for hydroxylation is 1. The largest absolute Gasteiger partial charge is 0.465 e. The molecule has 1 aromatic carbocycles. The monoisotopic (exact) mass is 532 g/mol. The predicted octanol–water partition coefficient (Wildman–Crippen LogP) is 3.76. The summed E-state index contributed by atoms with van der Waals surface area (Å²) >= 11 is 8.11. The van der Waals surface area contributed by atoms with Crippen LogP contribution in [0.25, 0.3) is 0 Å². The number of rotatable bonds is 11. The smallest absolute Gasteiger partial charge is 0.310 e. The number of ether oxygens (including phenoxy) is 1. The molecule has 3 saturated heterocycles. The molecular formula is C27H33ClN2O5S. The summed E-state index contributed by atoms with van der Waals surface area (Å²) < 4.78 is 4.81. The zero-order valence-electron chi connectivity index (χ0n) is 20.5. The Kier molecular flexibility index (Phi) is 8.17. The first-order valence-corrected chi connectivity index (χ1v) is 13.6. The number of nitrogens with zero attached hydrogens (tertiary/aromatic N) is 2. The molecule has 9 heteroatoms. The Hall–Kier alpha value is -2.29. The summed E-state index contributed by atoms with van der Waals surface area (Å²) in [4.78, 5) is 44.3. The Bertz CT molecular complexity index is 1040. The van der Waals surface area contributed by atoms with E-state index in [4.69, 9.17) is 16.3 Å². The average molecular weight is 533 g/mol. The van der Waals surface area contributed by atoms with Gasteiger partial charge in [0.2, 0.25) is 5.91 Å². The second kappa shape index (κ2) is 11.0. The minimum absolute atomic E-state index is 0.0171. The maximum atomic E-state index is 14.3. The number of hydrogen-bond donors (Lipinski definition) is 1. The van der Waals surface area contributed by atoms with E-state index in [1.54, 1.807) is 34.9 Å². The van der Waals surface area contributed by atoms with E-state index in [0.29, 0.717) is 23.6 Å². The minimum atomic E-state index is -0.827. The van der Waals surface area contributed by atoms with Crippen molar-refractivity contribution in [1.29, 1.82) is 0 Å². The molecule has 3 aliphatic heterocycles. The number of β-amino-alcohol motifs (C(OH)–C–C–N with tert-alkyl or cyclic N) is 1. The van der Waals surface area contributed by atoms with E-state index in [2.05, 4.69) is 13.2 Å². The van der Waals surface area contributed by atoms with E-state index >= 15 is 0 Å². The Balaban J connectivity index is 1.71. The summed E-state index contributed by atoms with van der Waals surface area (Å²) in [6.07, 6.45) is 6.19. The van der Waals surface area contributed by atoms with Crippen LogP contribution in [0.15, 0.2) is 43.5 Å². The quantitative estimate of drug-likeness (QED) is 0.265. The van der Waals surface area contributed by atoms with Gasteiger partial charge in [-0.1, -0.05) is 35.9 Å². The fourth-order valence-electron chi connectivity index (χ4n) is 6.08. The number of halogens is 1. The molecule has 3 heterocycles. The highest BCUT2D eigenvalue weighted by atomic mass is 35.5. The molecule has 7 nitrogen and oxygen atoms in total. The van der Waals surface area contributed by atoms with Crippen LogP contribution in [0, 0.1) is 18.8 Å². The molecule has 2 bridgehead atoms. The van der Waals surface area contributed by atoms with Crippen molar-refractivity contribution in [1.82, 2.24) is 4.90 Å². The topological polar surface area (TPSA) is 87.1 Å². The van der Waals surface area contributed by atoms with Crippen molar-refractivity contribution in [3.8, 4) is 0 Å². The van der Waals surface area contributed by atoms with Gasteiger partial charge in [0.15, 0.2) is 0 Å². The average Bonchev–Trinajstić information content (AvgIpc) is 3.49. The highest BCUT2D eigenvalue weighted by Crippen LogP contribution is 2.66. The first-order valence-electron chi connectivity index (χ1n) is 12.4. The van der Waals surface area contributed by atoms with Gasteiger partial charge in [-0.25, -0.2) is 0 Å². The van der Waals surface area contributed by atoms with Crippen LogP contribution in [0.4, 0.5) is 5.69 Å². The molecule has 2 amide bonds. The molecule has 0 aliphatic carbocycles. The number of para-hydroxylation sites is 1. The summed E-state index contributed by atoms with van der Waals surface area (Å²) in [5.74, 6) is -2.18. The van der Waals surface area contributed by atoms with Crippen LogP contribution in [0.5, 0.6) is 0 Å². The van der Waals surface area contributed by atoms with E-state index in [1.807, 2.05) is 19.1 Å². The van der Waals surface area contributed by atoms with Gasteiger partial charge in [-0.05, 0) is 44.2 Å². The van der Waals surface area contributed by atoms with Crippen molar-refractivity contribution in [2.24, 2.45) is 11.8 Å². The Labute approximate surface area is 221 Å². The van der Waals surface area contributed by atoms with E-state index in [1.165, 1.54) is 4.90 Å². The van der Waals surface area contributed by atoms with E-state index in [0.717, 1.165) is 18.4 Å². The number of anilines is 1. The number of amides is 2. The lowest BCUT2D eigenvalue weighted by Gasteiger charge is -2.37. The molecule has 0 radical (unpaired) electrons. The normalized spacial score (nSPS) is 28.2. The number of carbonyl (C=O) groups is 3. The molecule has 4 rings (SSSR count). The number of aliphatic hydroxyl groups is 1. The number of esters is 1. The van der Waals surface area contributed by atoms with E-state index in [-0.39, 0.29) is 49.3 Å². The molecule has 0 saturated carbocycles. The third kappa shape index (κ3) is 4.37. The lowest BCUT2D eigenvalue weighted by Crippen LogP contribution is -2.55. The molecule has 1 spiro atoms. The predicted molar refractivity (Wildman–Crippen MR) is 142 cm³/mol. The number of allylic oxidation sites excluding steroid dienone is 1. The summed E-state index contributed by atoms with van der Waals surface area (Å²) in [7, 11) is 0. The lowest BCUT2D eigenvalue weighted by molar-refractivity contribution is -0.154. The molecular weight excluding hydrogens is 500 g/mol. The van der Waals surface area contributed by atoms with Gasteiger partial charge in [0, 0.05) is 18.3 Å². The summed E-state index contributed by atoms with van der Waals surface area (Å²) in [5, 5.41) is 10.2. The number of carbonyl (C=O) groups excluding carboxylic acids is 3. The third-order valence-electron chi connectivity index (χ3n) is 7.48. The van der Waals surface area contributed by atoms with Gasteiger partial charge in [0.25, 0.3) is 5.91 Å². The van der Waals surface area contributed by atoms with Crippen molar-refractivity contribution >= 4 is 46.8 Å². The van der Waals surface area contributed by atoms with Gasteiger partial charge < -0.3 is 19.6 Å². The number of aliphatic hydroxyl groups excluding tert-OH is 1. The van der Waals surface area contributed by atoms with Crippen LogP contribution < -0.4 is 4.90 Å². The van der Waals surface area contributed by atoms with Gasteiger partial charge in [-0.15, -0.1) is 24.9 Å². The Morgan fingerprint density at radius 3 is 2.81 bits per heavy atom. The van der Waals surface area contributed by atoms with Gasteiger partial charge in [-0.3, -0.25) is 14.4 Å². The van der Waals surface area contributed by atoms with Crippen LogP contribution >= 0.6 is 23.4 Å². The van der Waals surface area contributed by atoms with Crippen molar-refractivity contribution in [2.75, 3.05) is 31.2 Å². The number of benzene rings is 1. The molecule has 1 N–H and O–H groups in total. The van der Waals surface area contributed by atoms with Gasteiger partial charge >= 0.3 is 5.97 Å². The van der Waals surface area contributed by atoms with Crippen LogP contribution in [-0.2, 0) is 19.1 Å². The third-order valence-corrected chi connectivity index (χ3v) is 9.74. The summed E-state index contributed by atoms with van der Waals surface area (Å²) in [6, 6.07) is 4.61. The fraction of sp³-hybridized carbons (Fsp3) is 0.519. The van der Waals surface area contributed by atoms with Gasteiger partial charge in [-0.2, -0.15) is 0 Å².